The minimum atomic E-state index is -0.802. The molecule has 3 N–H and O–H groups in total. The van der Waals surface area contributed by atoms with Gasteiger partial charge in [0.2, 0.25) is 0 Å². The second-order valence-corrected chi connectivity index (χ2v) is 7.45. The zero-order chi connectivity index (χ0) is 22.8. The van der Waals surface area contributed by atoms with E-state index in [0.29, 0.717) is 24.3 Å². The van der Waals surface area contributed by atoms with E-state index >= 15 is 0 Å². The van der Waals surface area contributed by atoms with E-state index in [1.165, 1.54) is 5.56 Å². The minimum Gasteiger partial charge on any atom is -0.348 e. The number of rotatable bonds is 8. The molecule has 0 aromatic heterocycles. The van der Waals surface area contributed by atoms with Crippen molar-refractivity contribution in [1.29, 1.82) is 0 Å². The van der Waals surface area contributed by atoms with Crippen molar-refractivity contribution in [2.24, 2.45) is 0 Å². The fourth-order valence-electron chi connectivity index (χ4n) is 3.27. The standard InChI is InChI=1S/C26H27N3O3/c1-19-10-5-6-14-21(19)18-28-24(30)22-15-7-8-16-23(22)29-26(32)25(31)27-17-9-13-20-11-3-2-4-12-20/h2-8,10-12,14-16H,9,13,17-18H2,1H3,(H,27,31)(H,28,30)(H,29,32). The number of amides is 3. The topological polar surface area (TPSA) is 87.3 Å². The predicted octanol–water partition coefficient (Wildman–Crippen LogP) is 3.61. The summed E-state index contributed by atoms with van der Waals surface area (Å²) in [6, 6.07) is 24.4. The third-order valence-electron chi connectivity index (χ3n) is 5.10. The van der Waals surface area contributed by atoms with Gasteiger partial charge in [0.25, 0.3) is 5.91 Å². The van der Waals surface area contributed by atoms with Gasteiger partial charge < -0.3 is 16.0 Å². The number of hydrogen-bond donors (Lipinski definition) is 3. The molecular formula is C26H27N3O3. The van der Waals surface area contributed by atoms with Crippen molar-refractivity contribution in [3.8, 4) is 0 Å². The van der Waals surface area contributed by atoms with Crippen molar-refractivity contribution in [2.45, 2.75) is 26.3 Å². The van der Waals surface area contributed by atoms with Crippen LogP contribution in [0.25, 0.3) is 0 Å². The molecular weight excluding hydrogens is 402 g/mol. The van der Waals surface area contributed by atoms with Crippen molar-refractivity contribution < 1.29 is 14.4 Å². The maximum absolute atomic E-state index is 12.7. The van der Waals surface area contributed by atoms with E-state index in [9.17, 15) is 14.4 Å². The fraction of sp³-hybridized carbons (Fsp3) is 0.192. The van der Waals surface area contributed by atoms with Gasteiger partial charge in [-0.15, -0.1) is 0 Å². The van der Waals surface area contributed by atoms with Crippen LogP contribution in [0.2, 0.25) is 0 Å². The maximum Gasteiger partial charge on any atom is 0.313 e. The lowest BCUT2D eigenvalue weighted by molar-refractivity contribution is -0.136. The van der Waals surface area contributed by atoms with Crippen LogP contribution in [-0.4, -0.2) is 24.3 Å². The zero-order valence-electron chi connectivity index (χ0n) is 18.1. The van der Waals surface area contributed by atoms with Gasteiger partial charge in [-0.25, -0.2) is 0 Å². The summed E-state index contributed by atoms with van der Waals surface area (Å²) in [4.78, 5) is 37.2. The van der Waals surface area contributed by atoms with Crippen LogP contribution in [0.3, 0.4) is 0 Å². The van der Waals surface area contributed by atoms with Crippen LogP contribution in [-0.2, 0) is 22.6 Å². The van der Waals surface area contributed by atoms with Gasteiger partial charge in [-0.2, -0.15) is 0 Å². The number of nitrogens with one attached hydrogen (secondary N) is 3. The Bertz CT molecular complexity index is 1080. The number of carbonyl (C=O) groups excluding carboxylic acids is 3. The van der Waals surface area contributed by atoms with Gasteiger partial charge >= 0.3 is 11.8 Å². The van der Waals surface area contributed by atoms with Crippen LogP contribution in [0.1, 0.15) is 33.5 Å². The molecule has 6 heteroatoms. The summed E-state index contributed by atoms with van der Waals surface area (Å²) in [5, 5.41) is 8.04. The molecule has 0 aliphatic carbocycles. The average Bonchev–Trinajstić information content (AvgIpc) is 2.82. The van der Waals surface area contributed by atoms with Gasteiger partial charge in [-0.1, -0.05) is 66.7 Å². The molecule has 0 aliphatic rings. The summed E-state index contributed by atoms with van der Waals surface area (Å²) in [6.07, 6.45) is 1.54. The monoisotopic (exact) mass is 429 g/mol. The van der Waals surface area contributed by atoms with Gasteiger partial charge in [-0.05, 0) is 48.6 Å². The van der Waals surface area contributed by atoms with E-state index < -0.39 is 11.8 Å². The van der Waals surface area contributed by atoms with Crippen molar-refractivity contribution >= 4 is 23.4 Å². The summed E-state index contributed by atoms with van der Waals surface area (Å²) in [7, 11) is 0. The number of para-hydroxylation sites is 1. The smallest absolute Gasteiger partial charge is 0.313 e. The predicted molar refractivity (Wildman–Crippen MR) is 125 cm³/mol. The molecule has 0 bridgehead atoms. The Morgan fingerprint density at radius 2 is 1.44 bits per heavy atom. The third kappa shape index (κ3) is 6.54. The second-order valence-electron chi connectivity index (χ2n) is 7.45. The van der Waals surface area contributed by atoms with Crippen molar-refractivity contribution in [1.82, 2.24) is 10.6 Å². The van der Waals surface area contributed by atoms with Crippen LogP contribution in [0.4, 0.5) is 5.69 Å². The molecule has 0 saturated carbocycles. The largest absolute Gasteiger partial charge is 0.348 e. The molecule has 0 unspecified atom stereocenters. The second kappa shape index (κ2) is 11.5. The summed E-state index contributed by atoms with van der Waals surface area (Å²) in [6.45, 7) is 2.74. The van der Waals surface area contributed by atoms with Crippen molar-refractivity contribution in [2.75, 3.05) is 11.9 Å². The van der Waals surface area contributed by atoms with Crippen LogP contribution in [0, 0.1) is 6.92 Å². The lowest BCUT2D eigenvalue weighted by Crippen LogP contribution is -2.36. The van der Waals surface area contributed by atoms with Gasteiger partial charge in [0.15, 0.2) is 0 Å². The highest BCUT2D eigenvalue weighted by molar-refractivity contribution is 6.40. The highest BCUT2D eigenvalue weighted by Crippen LogP contribution is 2.15. The highest BCUT2D eigenvalue weighted by atomic mass is 16.2. The number of aryl methyl sites for hydroxylation is 2. The Morgan fingerprint density at radius 1 is 0.750 bits per heavy atom. The first-order chi connectivity index (χ1) is 15.5. The fourth-order valence-corrected chi connectivity index (χ4v) is 3.27. The van der Waals surface area contributed by atoms with E-state index in [1.54, 1.807) is 24.3 Å². The number of anilines is 1. The minimum absolute atomic E-state index is 0.291. The van der Waals surface area contributed by atoms with Crippen LogP contribution in [0.5, 0.6) is 0 Å². The first kappa shape index (κ1) is 22.7. The zero-order valence-corrected chi connectivity index (χ0v) is 18.1. The molecule has 3 amide bonds. The van der Waals surface area contributed by atoms with E-state index in [-0.39, 0.29) is 5.91 Å². The molecule has 0 aliphatic heterocycles. The Morgan fingerprint density at radius 3 is 2.22 bits per heavy atom. The van der Waals surface area contributed by atoms with E-state index in [4.69, 9.17) is 0 Å². The number of hydrogen-bond acceptors (Lipinski definition) is 3. The molecule has 164 valence electrons. The molecule has 0 radical (unpaired) electrons. The van der Waals surface area contributed by atoms with E-state index in [1.807, 2.05) is 61.5 Å². The summed E-state index contributed by atoms with van der Waals surface area (Å²) >= 11 is 0. The number of benzene rings is 3. The highest BCUT2D eigenvalue weighted by Gasteiger charge is 2.17. The van der Waals surface area contributed by atoms with E-state index in [0.717, 1.165) is 24.0 Å². The molecule has 32 heavy (non-hydrogen) atoms. The van der Waals surface area contributed by atoms with Crippen LogP contribution >= 0.6 is 0 Å². The molecule has 3 aromatic carbocycles. The Labute approximate surface area is 188 Å². The van der Waals surface area contributed by atoms with Crippen molar-refractivity contribution in [3.63, 3.8) is 0 Å². The summed E-state index contributed by atoms with van der Waals surface area (Å²) < 4.78 is 0. The van der Waals surface area contributed by atoms with E-state index in [2.05, 4.69) is 16.0 Å². The summed E-state index contributed by atoms with van der Waals surface area (Å²) in [5.41, 5.74) is 3.86. The molecule has 0 spiro atoms. The lowest BCUT2D eigenvalue weighted by Gasteiger charge is -2.12. The first-order valence-corrected chi connectivity index (χ1v) is 10.6. The quantitative estimate of drug-likeness (QED) is 0.378. The molecule has 0 fully saturated rings. The third-order valence-corrected chi connectivity index (χ3v) is 5.10. The Kier molecular flexibility index (Phi) is 8.15. The van der Waals surface area contributed by atoms with Crippen molar-refractivity contribution in [3.05, 3.63) is 101 Å². The first-order valence-electron chi connectivity index (χ1n) is 10.6. The maximum atomic E-state index is 12.7. The molecule has 3 aromatic rings. The SMILES string of the molecule is Cc1ccccc1CNC(=O)c1ccccc1NC(=O)C(=O)NCCCc1ccccc1. The molecule has 3 rings (SSSR count). The van der Waals surface area contributed by atoms with Crippen LogP contribution in [0.15, 0.2) is 78.9 Å². The normalized spacial score (nSPS) is 10.3. The Hall–Kier alpha value is -3.93. The van der Waals surface area contributed by atoms with Gasteiger partial charge in [0.05, 0.1) is 11.3 Å². The van der Waals surface area contributed by atoms with Crippen LogP contribution < -0.4 is 16.0 Å². The van der Waals surface area contributed by atoms with Gasteiger partial charge in [-0.3, -0.25) is 14.4 Å². The molecule has 0 heterocycles. The molecule has 6 nitrogen and oxygen atoms in total. The molecule has 0 atom stereocenters. The van der Waals surface area contributed by atoms with Gasteiger partial charge in [0.1, 0.15) is 0 Å². The Balaban J connectivity index is 1.51. The summed E-state index contributed by atoms with van der Waals surface area (Å²) in [5.74, 6) is -1.86. The number of carbonyl (C=O) groups is 3. The van der Waals surface area contributed by atoms with Gasteiger partial charge in [0, 0.05) is 13.1 Å². The molecule has 0 saturated heterocycles. The lowest BCUT2D eigenvalue weighted by atomic mass is 10.1. The average molecular weight is 430 g/mol.